The van der Waals surface area contributed by atoms with Gasteiger partial charge >= 0.3 is 0 Å². The van der Waals surface area contributed by atoms with E-state index >= 15 is 0 Å². The van der Waals surface area contributed by atoms with Crippen LogP contribution in [0.4, 0.5) is 0 Å². The summed E-state index contributed by atoms with van der Waals surface area (Å²) in [6.07, 6.45) is 3.12. The highest BCUT2D eigenvalue weighted by atomic mass is 32.2. The lowest BCUT2D eigenvalue weighted by Crippen LogP contribution is -2.44. The SMILES string of the molecule is NC(=O)[C@@H]1CCCN(C(=O)CSc2nc(-c3ccco3)nc3ccccc23)C1. The number of nitrogens with two attached hydrogens (primary N) is 1. The number of benzene rings is 1. The number of primary amides is 1. The van der Waals surface area contributed by atoms with Crippen LogP contribution >= 0.6 is 11.8 Å². The van der Waals surface area contributed by atoms with Gasteiger partial charge in [0.15, 0.2) is 11.6 Å². The smallest absolute Gasteiger partial charge is 0.233 e. The fourth-order valence-electron chi connectivity index (χ4n) is 3.33. The highest BCUT2D eigenvalue weighted by molar-refractivity contribution is 8.00. The second kappa shape index (κ2) is 8.02. The molecule has 8 heteroatoms. The summed E-state index contributed by atoms with van der Waals surface area (Å²) in [6.45, 7) is 1.06. The molecule has 0 aliphatic carbocycles. The van der Waals surface area contributed by atoms with Crippen molar-refractivity contribution >= 4 is 34.5 Å². The number of aromatic nitrogens is 2. The maximum absolute atomic E-state index is 12.7. The number of para-hydroxylation sites is 1. The summed E-state index contributed by atoms with van der Waals surface area (Å²) < 4.78 is 5.43. The minimum absolute atomic E-state index is 0.0156. The Kier molecular flexibility index (Phi) is 5.29. The number of furan rings is 1. The fraction of sp³-hybridized carbons (Fsp3) is 0.300. The van der Waals surface area contributed by atoms with Gasteiger partial charge in [-0.1, -0.05) is 30.0 Å². The number of fused-ring (bicyclic) bond motifs is 1. The normalized spacial score (nSPS) is 17.0. The quantitative estimate of drug-likeness (QED) is 0.525. The predicted molar refractivity (Wildman–Crippen MR) is 106 cm³/mol. The summed E-state index contributed by atoms with van der Waals surface area (Å²) in [5.74, 6) is 0.704. The minimum atomic E-state index is -0.338. The number of hydrogen-bond acceptors (Lipinski definition) is 6. The van der Waals surface area contributed by atoms with Gasteiger partial charge in [0.25, 0.3) is 0 Å². The van der Waals surface area contributed by atoms with E-state index in [2.05, 4.69) is 9.97 Å². The number of nitrogens with zero attached hydrogens (tertiary/aromatic N) is 3. The third-order valence-corrected chi connectivity index (χ3v) is 5.79. The van der Waals surface area contributed by atoms with Crippen molar-refractivity contribution in [2.24, 2.45) is 11.7 Å². The van der Waals surface area contributed by atoms with Crippen LogP contribution in [-0.4, -0.2) is 45.5 Å². The summed E-state index contributed by atoms with van der Waals surface area (Å²) in [5, 5.41) is 1.62. The first kappa shape index (κ1) is 18.5. The van der Waals surface area contributed by atoms with E-state index in [1.165, 1.54) is 11.8 Å². The van der Waals surface area contributed by atoms with E-state index in [1.807, 2.05) is 24.3 Å². The molecule has 1 aliphatic rings. The topological polar surface area (TPSA) is 102 Å². The van der Waals surface area contributed by atoms with Crippen molar-refractivity contribution < 1.29 is 14.0 Å². The lowest BCUT2D eigenvalue weighted by molar-refractivity contribution is -0.132. The Morgan fingerprint density at radius 2 is 2.07 bits per heavy atom. The van der Waals surface area contributed by atoms with Crippen LogP contribution in [0.3, 0.4) is 0 Å². The predicted octanol–water partition coefficient (Wildman–Crippen LogP) is 2.71. The molecule has 2 aromatic heterocycles. The van der Waals surface area contributed by atoms with Crippen molar-refractivity contribution in [2.75, 3.05) is 18.8 Å². The molecule has 1 aliphatic heterocycles. The number of carbonyl (C=O) groups excluding carboxylic acids is 2. The molecule has 7 nitrogen and oxygen atoms in total. The lowest BCUT2D eigenvalue weighted by atomic mass is 9.97. The maximum atomic E-state index is 12.7. The summed E-state index contributed by atoms with van der Waals surface area (Å²) >= 11 is 1.37. The molecule has 0 unspecified atom stereocenters. The molecule has 28 heavy (non-hydrogen) atoms. The Morgan fingerprint density at radius 1 is 1.21 bits per heavy atom. The Hall–Kier alpha value is -2.87. The van der Waals surface area contributed by atoms with E-state index in [9.17, 15) is 9.59 Å². The van der Waals surface area contributed by atoms with Crippen molar-refractivity contribution in [1.82, 2.24) is 14.9 Å². The minimum Gasteiger partial charge on any atom is -0.461 e. The lowest BCUT2D eigenvalue weighted by Gasteiger charge is -2.31. The van der Waals surface area contributed by atoms with E-state index in [0.717, 1.165) is 28.8 Å². The Morgan fingerprint density at radius 3 is 2.86 bits per heavy atom. The molecular formula is C20H20N4O3S. The Labute approximate surface area is 166 Å². The number of piperidine rings is 1. The van der Waals surface area contributed by atoms with Gasteiger partial charge in [-0.2, -0.15) is 0 Å². The zero-order valence-corrected chi connectivity index (χ0v) is 16.0. The summed E-state index contributed by atoms with van der Waals surface area (Å²) in [5.41, 5.74) is 6.21. The number of thioether (sulfide) groups is 1. The third-order valence-electron chi connectivity index (χ3n) is 4.82. The standard InChI is InChI=1S/C20H20N4O3S/c21-18(26)13-5-3-9-24(11-13)17(25)12-28-20-14-6-1-2-7-15(14)22-19(23-20)16-8-4-10-27-16/h1-2,4,6-8,10,13H,3,5,9,11-12H2,(H2,21,26)/t13-/m1/s1. The molecule has 0 spiro atoms. The van der Waals surface area contributed by atoms with Gasteiger partial charge in [0.1, 0.15) is 5.03 Å². The molecule has 3 heterocycles. The van der Waals surface area contributed by atoms with Gasteiger partial charge in [-0.25, -0.2) is 9.97 Å². The number of hydrogen-bond donors (Lipinski definition) is 1. The van der Waals surface area contributed by atoms with Crippen molar-refractivity contribution in [3.8, 4) is 11.6 Å². The first-order chi connectivity index (χ1) is 13.6. The molecule has 4 rings (SSSR count). The van der Waals surface area contributed by atoms with E-state index < -0.39 is 0 Å². The second-order valence-electron chi connectivity index (χ2n) is 6.72. The summed E-state index contributed by atoms with van der Waals surface area (Å²) in [6, 6.07) is 11.3. The van der Waals surface area contributed by atoms with Crippen molar-refractivity contribution in [3.05, 3.63) is 42.7 Å². The number of carbonyl (C=O) groups is 2. The molecule has 1 atom stereocenters. The van der Waals surface area contributed by atoms with Crippen molar-refractivity contribution in [1.29, 1.82) is 0 Å². The largest absolute Gasteiger partial charge is 0.461 e. The molecule has 2 N–H and O–H groups in total. The molecule has 1 saturated heterocycles. The number of rotatable bonds is 5. The number of likely N-dealkylation sites (tertiary alicyclic amines) is 1. The fourth-order valence-corrected chi connectivity index (χ4v) is 4.25. The van der Waals surface area contributed by atoms with E-state index in [1.54, 1.807) is 23.3 Å². The van der Waals surface area contributed by atoms with Gasteiger partial charge in [-0.3, -0.25) is 9.59 Å². The Balaban J connectivity index is 1.54. The van der Waals surface area contributed by atoms with Gasteiger partial charge < -0.3 is 15.1 Å². The summed E-state index contributed by atoms with van der Waals surface area (Å²) in [7, 11) is 0. The van der Waals surface area contributed by atoms with Gasteiger partial charge in [-0.15, -0.1) is 0 Å². The van der Waals surface area contributed by atoms with Crippen LogP contribution in [0.15, 0.2) is 52.1 Å². The van der Waals surface area contributed by atoms with Gasteiger partial charge in [0, 0.05) is 18.5 Å². The van der Waals surface area contributed by atoms with Crippen LogP contribution in [-0.2, 0) is 9.59 Å². The van der Waals surface area contributed by atoms with E-state index in [0.29, 0.717) is 24.7 Å². The van der Waals surface area contributed by atoms with Crippen molar-refractivity contribution in [2.45, 2.75) is 17.9 Å². The van der Waals surface area contributed by atoms with Crippen LogP contribution in [0.2, 0.25) is 0 Å². The summed E-state index contributed by atoms with van der Waals surface area (Å²) in [4.78, 5) is 35.0. The van der Waals surface area contributed by atoms with Crippen molar-refractivity contribution in [3.63, 3.8) is 0 Å². The first-order valence-corrected chi connectivity index (χ1v) is 10.1. The van der Waals surface area contributed by atoms with Gasteiger partial charge in [0.2, 0.25) is 11.8 Å². The highest BCUT2D eigenvalue weighted by Crippen LogP contribution is 2.29. The van der Waals surface area contributed by atoms with Gasteiger partial charge in [-0.05, 0) is 31.0 Å². The van der Waals surface area contributed by atoms with E-state index in [-0.39, 0.29) is 23.5 Å². The van der Waals surface area contributed by atoms with Crippen LogP contribution in [0, 0.1) is 5.92 Å². The third kappa shape index (κ3) is 3.87. The van der Waals surface area contributed by atoms with Crippen LogP contribution in [0.25, 0.3) is 22.5 Å². The van der Waals surface area contributed by atoms with Crippen LogP contribution in [0.5, 0.6) is 0 Å². The average molecular weight is 396 g/mol. The second-order valence-corrected chi connectivity index (χ2v) is 7.68. The maximum Gasteiger partial charge on any atom is 0.233 e. The average Bonchev–Trinajstić information content (AvgIpc) is 3.26. The molecule has 1 aromatic carbocycles. The molecule has 0 radical (unpaired) electrons. The molecule has 3 aromatic rings. The van der Waals surface area contributed by atoms with Gasteiger partial charge in [0.05, 0.1) is 23.5 Å². The zero-order valence-electron chi connectivity index (χ0n) is 15.2. The molecule has 0 bridgehead atoms. The molecular weight excluding hydrogens is 376 g/mol. The first-order valence-electron chi connectivity index (χ1n) is 9.12. The van der Waals surface area contributed by atoms with Crippen LogP contribution in [0.1, 0.15) is 12.8 Å². The van der Waals surface area contributed by atoms with E-state index in [4.69, 9.17) is 10.2 Å². The van der Waals surface area contributed by atoms with Crippen LogP contribution < -0.4 is 5.73 Å². The molecule has 1 fully saturated rings. The Bertz CT molecular complexity index is 1010. The zero-order chi connectivity index (χ0) is 19.5. The molecule has 144 valence electrons. The molecule has 0 saturated carbocycles. The highest BCUT2D eigenvalue weighted by Gasteiger charge is 2.27. The monoisotopic (exact) mass is 396 g/mol. The number of amides is 2. The molecule has 2 amide bonds.